The lowest BCUT2D eigenvalue weighted by Crippen LogP contribution is -2.26. The maximum atomic E-state index is 9.32. The first-order valence-electron chi connectivity index (χ1n) is 7.24. The second-order valence-corrected chi connectivity index (χ2v) is 5.66. The van der Waals surface area contributed by atoms with E-state index in [0.29, 0.717) is 18.4 Å². The number of aromatic amines is 1. The summed E-state index contributed by atoms with van der Waals surface area (Å²) >= 11 is 0. The van der Waals surface area contributed by atoms with E-state index < -0.39 is 0 Å². The molecule has 1 aromatic carbocycles. The van der Waals surface area contributed by atoms with Crippen LogP contribution in [0.2, 0.25) is 0 Å². The number of aliphatic hydroxyl groups excluding tert-OH is 1. The third kappa shape index (κ3) is 2.82. The molecule has 1 aromatic heterocycles. The molecule has 3 rings (SSSR count). The Balaban J connectivity index is 1.54. The van der Waals surface area contributed by atoms with Crippen molar-refractivity contribution >= 4 is 10.9 Å². The first-order valence-corrected chi connectivity index (χ1v) is 7.24. The molecule has 0 amide bonds. The van der Waals surface area contributed by atoms with Crippen molar-refractivity contribution in [1.82, 2.24) is 10.3 Å². The number of benzene rings is 1. The molecule has 2 aromatic rings. The van der Waals surface area contributed by atoms with Gasteiger partial charge in [0.1, 0.15) is 0 Å². The van der Waals surface area contributed by atoms with Crippen LogP contribution in [-0.4, -0.2) is 23.2 Å². The summed E-state index contributed by atoms with van der Waals surface area (Å²) in [6.07, 6.45) is 5.70. The maximum Gasteiger partial charge on any atom is 0.0462 e. The molecule has 3 N–H and O–H groups in total. The van der Waals surface area contributed by atoms with Gasteiger partial charge in [0.15, 0.2) is 0 Å². The molecule has 102 valence electrons. The minimum atomic E-state index is 0.349. The van der Waals surface area contributed by atoms with Gasteiger partial charge in [-0.3, -0.25) is 0 Å². The van der Waals surface area contributed by atoms with Crippen LogP contribution in [-0.2, 0) is 6.54 Å². The van der Waals surface area contributed by atoms with Gasteiger partial charge < -0.3 is 15.4 Å². The zero-order valence-corrected chi connectivity index (χ0v) is 11.2. The van der Waals surface area contributed by atoms with Crippen LogP contribution >= 0.6 is 0 Å². The quantitative estimate of drug-likeness (QED) is 0.772. The lowest BCUT2D eigenvalue weighted by molar-refractivity contribution is 0.192. The maximum absolute atomic E-state index is 9.32. The van der Waals surface area contributed by atoms with E-state index in [1.807, 2.05) is 6.20 Å². The molecule has 1 aliphatic rings. The fourth-order valence-electron chi connectivity index (χ4n) is 3.24. The van der Waals surface area contributed by atoms with Crippen molar-refractivity contribution in [2.24, 2.45) is 11.8 Å². The van der Waals surface area contributed by atoms with Gasteiger partial charge in [-0.25, -0.2) is 0 Å². The Kier molecular flexibility index (Phi) is 3.85. The zero-order valence-electron chi connectivity index (χ0n) is 11.2. The number of hydrogen-bond donors (Lipinski definition) is 3. The van der Waals surface area contributed by atoms with E-state index in [2.05, 4.69) is 34.6 Å². The van der Waals surface area contributed by atoms with Crippen molar-refractivity contribution in [1.29, 1.82) is 0 Å². The van der Waals surface area contributed by atoms with Gasteiger partial charge in [-0.2, -0.15) is 0 Å². The summed E-state index contributed by atoms with van der Waals surface area (Å²) in [7, 11) is 0. The molecular formula is C16H22N2O. The van der Waals surface area contributed by atoms with E-state index in [1.165, 1.54) is 35.7 Å². The fourth-order valence-corrected chi connectivity index (χ4v) is 3.24. The molecule has 0 saturated heterocycles. The highest BCUT2D eigenvalue weighted by molar-refractivity contribution is 5.79. The number of aromatic nitrogens is 1. The van der Waals surface area contributed by atoms with Gasteiger partial charge in [-0.1, -0.05) is 12.5 Å². The van der Waals surface area contributed by atoms with Gasteiger partial charge in [0.2, 0.25) is 0 Å². The van der Waals surface area contributed by atoms with Crippen molar-refractivity contribution in [3.05, 3.63) is 36.0 Å². The molecule has 0 aliphatic heterocycles. The molecule has 2 unspecified atom stereocenters. The molecule has 1 aliphatic carbocycles. The van der Waals surface area contributed by atoms with Crippen LogP contribution in [0.15, 0.2) is 30.5 Å². The highest BCUT2D eigenvalue weighted by Gasteiger charge is 2.25. The van der Waals surface area contributed by atoms with E-state index in [-0.39, 0.29) is 0 Å². The molecule has 2 atom stereocenters. The normalized spacial score (nSPS) is 23.2. The van der Waals surface area contributed by atoms with Crippen LogP contribution in [0.25, 0.3) is 10.9 Å². The third-order valence-electron chi connectivity index (χ3n) is 4.40. The Hall–Kier alpha value is -1.32. The monoisotopic (exact) mass is 258 g/mol. The van der Waals surface area contributed by atoms with Crippen molar-refractivity contribution in [3.8, 4) is 0 Å². The van der Waals surface area contributed by atoms with Crippen molar-refractivity contribution in [2.75, 3.05) is 13.2 Å². The van der Waals surface area contributed by atoms with E-state index in [9.17, 15) is 5.11 Å². The Morgan fingerprint density at radius 1 is 1.21 bits per heavy atom. The predicted molar refractivity (Wildman–Crippen MR) is 77.9 cm³/mol. The summed E-state index contributed by atoms with van der Waals surface area (Å²) in [5.74, 6) is 1.17. The van der Waals surface area contributed by atoms with E-state index in [1.54, 1.807) is 0 Å². The van der Waals surface area contributed by atoms with Crippen LogP contribution < -0.4 is 5.32 Å². The Morgan fingerprint density at radius 3 is 3.00 bits per heavy atom. The molecule has 0 spiro atoms. The Morgan fingerprint density at radius 2 is 2.11 bits per heavy atom. The van der Waals surface area contributed by atoms with Crippen LogP contribution in [0, 0.1) is 11.8 Å². The van der Waals surface area contributed by atoms with Crippen molar-refractivity contribution in [2.45, 2.75) is 25.8 Å². The van der Waals surface area contributed by atoms with Gasteiger partial charge in [0.25, 0.3) is 0 Å². The second kappa shape index (κ2) is 5.76. The molecule has 1 heterocycles. The van der Waals surface area contributed by atoms with Crippen LogP contribution in [0.5, 0.6) is 0 Å². The van der Waals surface area contributed by atoms with Gasteiger partial charge in [0.05, 0.1) is 0 Å². The number of rotatable bonds is 5. The molecule has 1 saturated carbocycles. The average molecular weight is 258 g/mol. The van der Waals surface area contributed by atoms with E-state index in [0.717, 1.165) is 13.1 Å². The highest BCUT2D eigenvalue weighted by Crippen LogP contribution is 2.30. The van der Waals surface area contributed by atoms with Gasteiger partial charge in [-0.15, -0.1) is 0 Å². The summed E-state index contributed by atoms with van der Waals surface area (Å²) in [5.41, 5.74) is 2.52. The number of hydrogen-bond acceptors (Lipinski definition) is 2. The average Bonchev–Trinajstić information content (AvgIpc) is 3.06. The minimum Gasteiger partial charge on any atom is -0.396 e. The third-order valence-corrected chi connectivity index (χ3v) is 4.40. The first kappa shape index (κ1) is 12.7. The first-order chi connectivity index (χ1) is 9.36. The molecule has 0 radical (unpaired) electrons. The number of H-pyrrole nitrogens is 1. The van der Waals surface area contributed by atoms with Gasteiger partial charge >= 0.3 is 0 Å². The van der Waals surface area contributed by atoms with E-state index >= 15 is 0 Å². The smallest absolute Gasteiger partial charge is 0.0462 e. The van der Waals surface area contributed by atoms with Crippen LogP contribution in [0.4, 0.5) is 0 Å². The van der Waals surface area contributed by atoms with Crippen molar-refractivity contribution in [3.63, 3.8) is 0 Å². The minimum absolute atomic E-state index is 0.349. The Bertz CT molecular complexity index is 534. The van der Waals surface area contributed by atoms with Gasteiger partial charge in [0, 0.05) is 24.9 Å². The number of aliphatic hydroxyl groups is 1. The standard InChI is InChI=1S/C16H22N2O/c19-11-15-3-1-2-14(15)10-17-9-12-4-5-16-13(8-12)6-7-18-16/h4-8,14-15,17-19H,1-3,9-11H2. The summed E-state index contributed by atoms with van der Waals surface area (Å²) in [6.45, 7) is 2.29. The van der Waals surface area contributed by atoms with Crippen LogP contribution in [0.3, 0.4) is 0 Å². The second-order valence-electron chi connectivity index (χ2n) is 5.66. The Labute approximate surface area is 114 Å². The molecule has 19 heavy (non-hydrogen) atoms. The fraction of sp³-hybridized carbons (Fsp3) is 0.500. The van der Waals surface area contributed by atoms with Crippen LogP contribution in [0.1, 0.15) is 24.8 Å². The topological polar surface area (TPSA) is 48.0 Å². The predicted octanol–water partition coefficient (Wildman–Crippen LogP) is 2.67. The zero-order chi connectivity index (χ0) is 13.1. The van der Waals surface area contributed by atoms with Gasteiger partial charge in [-0.05, 0) is 60.4 Å². The lowest BCUT2D eigenvalue weighted by Gasteiger charge is -2.17. The number of fused-ring (bicyclic) bond motifs is 1. The van der Waals surface area contributed by atoms with Crippen molar-refractivity contribution < 1.29 is 5.11 Å². The lowest BCUT2D eigenvalue weighted by atomic mass is 9.97. The molecule has 1 fully saturated rings. The largest absolute Gasteiger partial charge is 0.396 e. The van der Waals surface area contributed by atoms with E-state index in [4.69, 9.17) is 0 Å². The highest BCUT2D eigenvalue weighted by atomic mass is 16.3. The molecule has 0 bridgehead atoms. The molecule has 3 nitrogen and oxygen atoms in total. The number of nitrogens with one attached hydrogen (secondary N) is 2. The SMILES string of the molecule is OCC1CCCC1CNCc1ccc2[nH]ccc2c1. The summed E-state index contributed by atoms with van der Waals surface area (Å²) in [5, 5.41) is 14.1. The molecule has 3 heteroatoms. The molecular weight excluding hydrogens is 236 g/mol. The summed E-state index contributed by atoms with van der Waals surface area (Å²) < 4.78 is 0. The summed E-state index contributed by atoms with van der Waals surface area (Å²) in [4.78, 5) is 3.21. The summed E-state index contributed by atoms with van der Waals surface area (Å²) in [6, 6.07) is 8.65.